The second-order valence-corrected chi connectivity index (χ2v) is 8.19. The van der Waals surface area contributed by atoms with E-state index in [9.17, 15) is 14.7 Å². The summed E-state index contributed by atoms with van der Waals surface area (Å²) in [6.07, 6.45) is 0. The minimum atomic E-state index is -0.783. The Morgan fingerprint density at radius 1 is 1.16 bits per heavy atom. The zero-order chi connectivity index (χ0) is 23.4. The number of rotatable bonds is 8. The highest BCUT2D eigenvalue weighted by Crippen LogP contribution is 2.39. The van der Waals surface area contributed by atoms with Gasteiger partial charge in [-0.05, 0) is 42.3 Å². The number of ketones is 1. The molecule has 2 aromatic rings. The fourth-order valence-corrected chi connectivity index (χ4v) is 3.88. The maximum Gasteiger partial charge on any atom is 0.295 e. The number of amides is 1. The largest absolute Gasteiger partial charge is 0.872 e. The number of hydrogen-bond acceptors (Lipinski definition) is 5. The average molecular weight is 459 g/mol. The first kappa shape index (κ1) is 23.6. The SMILES string of the molecule is CCOc1ccc(C([O-])=C2C(=O)C(=O)N(CC[NH+](C)C)C2c2ccc(OC)cc2)cc1Cl. The first-order valence-corrected chi connectivity index (χ1v) is 10.8. The molecule has 7 nitrogen and oxygen atoms in total. The maximum atomic E-state index is 13.4. The highest BCUT2D eigenvalue weighted by molar-refractivity contribution is 6.46. The third kappa shape index (κ3) is 4.74. The van der Waals surface area contributed by atoms with Crippen LogP contribution in [0, 0.1) is 0 Å². The number of quaternary nitrogens is 1. The number of likely N-dealkylation sites (N-methyl/N-ethyl adjacent to an activating group) is 1. The summed E-state index contributed by atoms with van der Waals surface area (Å²) in [4.78, 5) is 28.5. The van der Waals surface area contributed by atoms with Crippen LogP contribution in [0.3, 0.4) is 0 Å². The molecule has 32 heavy (non-hydrogen) atoms. The second-order valence-electron chi connectivity index (χ2n) is 7.78. The van der Waals surface area contributed by atoms with Gasteiger partial charge in [0.15, 0.2) is 0 Å². The Labute approximate surface area is 192 Å². The van der Waals surface area contributed by atoms with Crippen LogP contribution < -0.4 is 19.5 Å². The summed E-state index contributed by atoms with van der Waals surface area (Å²) < 4.78 is 10.6. The topological polar surface area (TPSA) is 83.3 Å². The minimum Gasteiger partial charge on any atom is -0.872 e. The van der Waals surface area contributed by atoms with Crippen LogP contribution >= 0.6 is 11.6 Å². The number of Topliss-reactive ketones (excluding diaryl/α,β-unsaturated/α-hetero) is 1. The zero-order valence-corrected chi connectivity index (χ0v) is 19.4. The number of nitrogens with one attached hydrogen (secondary N) is 1. The molecular weight excluding hydrogens is 432 g/mol. The summed E-state index contributed by atoms with van der Waals surface area (Å²) in [5, 5.41) is 13.7. The van der Waals surface area contributed by atoms with Crippen molar-refractivity contribution < 1.29 is 29.1 Å². The molecule has 1 atom stereocenters. The van der Waals surface area contributed by atoms with Crippen molar-refractivity contribution in [1.29, 1.82) is 0 Å². The Kier molecular flexibility index (Phi) is 7.43. The van der Waals surface area contributed by atoms with E-state index in [-0.39, 0.29) is 16.2 Å². The van der Waals surface area contributed by atoms with E-state index in [1.165, 1.54) is 11.0 Å². The molecule has 0 spiro atoms. The van der Waals surface area contributed by atoms with Crippen molar-refractivity contribution in [3.05, 3.63) is 64.2 Å². The maximum absolute atomic E-state index is 13.4. The fourth-order valence-electron chi connectivity index (χ4n) is 3.65. The van der Waals surface area contributed by atoms with Crippen molar-refractivity contribution in [3.63, 3.8) is 0 Å². The third-order valence-electron chi connectivity index (χ3n) is 5.31. The smallest absolute Gasteiger partial charge is 0.295 e. The number of carbonyl (C=O) groups excluding carboxylic acids is 2. The zero-order valence-electron chi connectivity index (χ0n) is 18.6. The third-order valence-corrected chi connectivity index (χ3v) is 5.60. The molecule has 1 aliphatic heterocycles. The van der Waals surface area contributed by atoms with Crippen molar-refractivity contribution in [2.24, 2.45) is 0 Å². The van der Waals surface area contributed by atoms with Crippen molar-refractivity contribution >= 4 is 29.1 Å². The van der Waals surface area contributed by atoms with Gasteiger partial charge in [0.2, 0.25) is 5.78 Å². The van der Waals surface area contributed by atoms with Gasteiger partial charge in [0, 0.05) is 5.57 Å². The number of likely N-dealkylation sites (tertiary alicyclic amines) is 1. The Balaban J connectivity index is 2.12. The molecule has 1 unspecified atom stereocenters. The Hall–Kier alpha value is -3.03. The van der Waals surface area contributed by atoms with Gasteiger partial charge in [-0.2, -0.15) is 0 Å². The highest BCUT2D eigenvalue weighted by atomic mass is 35.5. The fraction of sp³-hybridized carbons (Fsp3) is 0.333. The molecule has 1 fully saturated rings. The van der Waals surface area contributed by atoms with Crippen LogP contribution in [0.4, 0.5) is 0 Å². The van der Waals surface area contributed by atoms with Crippen LogP contribution in [-0.4, -0.2) is 57.5 Å². The van der Waals surface area contributed by atoms with E-state index >= 15 is 0 Å². The van der Waals surface area contributed by atoms with Crippen molar-refractivity contribution in [1.82, 2.24) is 4.90 Å². The van der Waals surface area contributed by atoms with E-state index in [0.717, 1.165) is 4.90 Å². The highest BCUT2D eigenvalue weighted by Gasteiger charge is 2.44. The van der Waals surface area contributed by atoms with Gasteiger partial charge in [0.05, 0.1) is 52.0 Å². The molecule has 0 saturated carbocycles. The van der Waals surface area contributed by atoms with Gasteiger partial charge in [-0.15, -0.1) is 0 Å². The molecule has 0 radical (unpaired) electrons. The molecule has 1 amide bonds. The number of halogens is 1. The number of carbonyl (C=O) groups is 2. The van der Waals surface area contributed by atoms with Crippen LogP contribution in [-0.2, 0) is 9.59 Å². The van der Waals surface area contributed by atoms with E-state index in [1.807, 2.05) is 21.0 Å². The number of benzene rings is 2. The van der Waals surface area contributed by atoms with E-state index < -0.39 is 23.5 Å². The van der Waals surface area contributed by atoms with Crippen LogP contribution in [0.2, 0.25) is 5.02 Å². The Morgan fingerprint density at radius 2 is 1.84 bits per heavy atom. The van der Waals surface area contributed by atoms with Crippen molar-refractivity contribution in [3.8, 4) is 11.5 Å². The first-order valence-electron chi connectivity index (χ1n) is 10.4. The lowest BCUT2D eigenvalue weighted by Gasteiger charge is -2.28. The molecule has 170 valence electrons. The molecule has 1 saturated heterocycles. The lowest BCUT2D eigenvalue weighted by molar-refractivity contribution is -0.857. The van der Waals surface area contributed by atoms with Gasteiger partial charge < -0.3 is 24.4 Å². The van der Waals surface area contributed by atoms with E-state index in [2.05, 4.69) is 0 Å². The second kappa shape index (κ2) is 10.1. The van der Waals surface area contributed by atoms with Crippen LogP contribution in [0.1, 0.15) is 24.1 Å². The molecule has 2 aromatic carbocycles. The lowest BCUT2D eigenvalue weighted by atomic mass is 9.95. The van der Waals surface area contributed by atoms with Gasteiger partial charge in [-0.1, -0.05) is 35.6 Å². The predicted molar refractivity (Wildman–Crippen MR) is 120 cm³/mol. The first-order chi connectivity index (χ1) is 15.3. The molecule has 1 aliphatic rings. The monoisotopic (exact) mass is 458 g/mol. The Morgan fingerprint density at radius 3 is 2.41 bits per heavy atom. The summed E-state index contributed by atoms with van der Waals surface area (Å²) >= 11 is 6.26. The Bertz CT molecular complexity index is 1030. The molecule has 0 aliphatic carbocycles. The van der Waals surface area contributed by atoms with E-state index in [1.54, 1.807) is 43.5 Å². The van der Waals surface area contributed by atoms with Gasteiger partial charge >= 0.3 is 0 Å². The number of nitrogens with zero attached hydrogens (tertiary/aromatic N) is 1. The molecule has 1 N–H and O–H groups in total. The summed E-state index contributed by atoms with van der Waals surface area (Å²) in [5.74, 6) is -0.887. The van der Waals surface area contributed by atoms with Gasteiger partial charge in [-0.25, -0.2) is 0 Å². The summed E-state index contributed by atoms with van der Waals surface area (Å²) in [6.45, 7) is 3.23. The van der Waals surface area contributed by atoms with Crippen LogP contribution in [0.5, 0.6) is 11.5 Å². The lowest BCUT2D eigenvalue weighted by Crippen LogP contribution is -3.06. The predicted octanol–water partition coefficient (Wildman–Crippen LogP) is 1.12. The molecular formula is C24H27ClN2O5. The average Bonchev–Trinajstić information content (AvgIpc) is 3.03. The van der Waals surface area contributed by atoms with Crippen LogP contribution in [0.15, 0.2) is 48.0 Å². The number of methoxy groups -OCH3 is 1. The number of hydrogen-bond donors (Lipinski definition) is 1. The molecule has 3 rings (SSSR count). The molecule has 0 bridgehead atoms. The molecule has 0 aromatic heterocycles. The molecule has 1 heterocycles. The van der Waals surface area contributed by atoms with Crippen LogP contribution in [0.25, 0.3) is 5.76 Å². The van der Waals surface area contributed by atoms with Gasteiger partial charge in [-0.3, -0.25) is 9.59 Å². The van der Waals surface area contributed by atoms with Crippen molar-refractivity contribution in [2.75, 3.05) is 40.9 Å². The number of ether oxygens (including phenoxy) is 2. The summed E-state index contributed by atoms with van der Waals surface area (Å²) in [7, 11) is 5.48. The summed E-state index contributed by atoms with van der Waals surface area (Å²) in [6, 6.07) is 10.9. The standard InChI is InChI=1S/C24H27ClN2O5/c1-5-32-19-11-8-16(14-18(19)25)22(28)20-21(15-6-9-17(31-4)10-7-15)27(13-12-26(2)3)24(30)23(20)29/h6-11,14,21,28H,5,12-13H2,1-4H3. The van der Waals surface area contributed by atoms with E-state index in [0.29, 0.717) is 36.8 Å². The summed E-state index contributed by atoms with van der Waals surface area (Å²) in [5.41, 5.74) is 0.821. The van der Waals surface area contributed by atoms with E-state index in [4.69, 9.17) is 21.1 Å². The van der Waals surface area contributed by atoms with Crippen molar-refractivity contribution in [2.45, 2.75) is 13.0 Å². The normalized spacial score (nSPS) is 17.8. The van der Waals surface area contributed by atoms with Gasteiger partial charge in [0.1, 0.15) is 11.5 Å². The molecule has 8 heteroatoms. The van der Waals surface area contributed by atoms with Gasteiger partial charge in [0.25, 0.3) is 5.91 Å². The quantitative estimate of drug-likeness (QED) is 0.364. The minimum absolute atomic E-state index is 0.0749.